The number of benzene rings is 3. The number of carbonyl (C=O) groups is 4. The first-order valence-corrected chi connectivity index (χ1v) is 14.1. The maximum Gasteiger partial charge on any atom is 0.338 e. The van der Waals surface area contributed by atoms with Crippen molar-refractivity contribution in [3.8, 4) is 17.3 Å². The number of aromatic nitrogens is 1. The quantitative estimate of drug-likeness (QED) is 0.136. The molecule has 4 aromatic rings. The van der Waals surface area contributed by atoms with Gasteiger partial charge in [0.1, 0.15) is 11.1 Å². The lowest BCUT2D eigenvalue weighted by atomic mass is 10.1. The molecule has 0 radical (unpaired) electrons. The Bertz CT molecular complexity index is 1690. The molecule has 202 valence electrons. The van der Waals surface area contributed by atoms with Gasteiger partial charge in [0.25, 0.3) is 0 Å². The number of nitrogens with zero attached hydrogens (tertiary/aromatic N) is 3. The van der Waals surface area contributed by atoms with E-state index in [-0.39, 0.29) is 17.8 Å². The van der Waals surface area contributed by atoms with Crippen molar-refractivity contribution >= 4 is 56.9 Å². The molecule has 1 unspecified atom stereocenters. The van der Waals surface area contributed by atoms with Crippen molar-refractivity contribution in [2.75, 3.05) is 11.5 Å². The van der Waals surface area contributed by atoms with Gasteiger partial charge in [0.2, 0.25) is 11.8 Å². The average Bonchev–Trinajstić information content (AvgIpc) is 3.28. The monoisotopic (exact) mass is 625 g/mol. The fraction of sp³-hybridized carbons (Fsp3) is 0.0968. The second-order valence-corrected chi connectivity index (χ2v) is 11.1. The lowest BCUT2D eigenvalue weighted by Crippen LogP contribution is -2.31. The van der Waals surface area contributed by atoms with Crippen LogP contribution in [0.25, 0.3) is 11.3 Å². The second kappa shape index (κ2) is 12.3. The molecule has 0 bridgehead atoms. The molecule has 0 aliphatic carbocycles. The normalized spacial score (nSPS) is 14.5. The Hall–Kier alpha value is -4.59. The van der Waals surface area contributed by atoms with Gasteiger partial charge < -0.3 is 4.74 Å². The minimum Gasteiger partial charge on any atom is -0.454 e. The first-order valence-electron chi connectivity index (χ1n) is 12.4. The second-order valence-electron chi connectivity index (χ2n) is 8.96. The third-order valence-corrected chi connectivity index (χ3v) is 7.99. The molecule has 1 aliphatic heterocycles. The van der Waals surface area contributed by atoms with Gasteiger partial charge in [-0.1, -0.05) is 70.2 Å². The van der Waals surface area contributed by atoms with Crippen molar-refractivity contribution in [2.45, 2.75) is 16.7 Å². The summed E-state index contributed by atoms with van der Waals surface area (Å²) in [5, 5.41) is 9.20. The summed E-state index contributed by atoms with van der Waals surface area (Å²) in [6.07, 6.45) is -0.0619. The molecule has 10 heteroatoms. The summed E-state index contributed by atoms with van der Waals surface area (Å²) in [7, 11) is 0. The fourth-order valence-electron chi connectivity index (χ4n) is 4.17. The zero-order valence-corrected chi connectivity index (χ0v) is 23.7. The van der Waals surface area contributed by atoms with Crippen LogP contribution < -0.4 is 4.90 Å². The Balaban J connectivity index is 1.25. The van der Waals surface area contributed by atoms with Crippen LogP contribution in [0.5, 0.6) is 0 Å². The van der Waals surface area contributed by atoms with Gasteiger partial charge in [0, 0.05) is 22.0 Å². The highest BCUT2D eigenvalue weighted by molar-refractivity contribution is 9.10. The van der Waals surface area contributed by atoms with Crippen LogP contribution in [0.3, 0.4) is 0 Å². The Labute approximate surface area is 248 Å². The van der Waals surface area contributed by atoms with E-state index in [9.17, 15) is 24.4 Å². The van der Waals surface area contributed by atoms with Crippen molar-refractivity contribution in [1.82, 2.24) is 4.98 Å². The smallest absolute Gasteiger partial charge is 0.338 e. The highest BCUT2D eigenvalue weighted by Gasteiger charge is 2.40. The largest absolute Gasteiger partial charge is 0.454 e. The molecule has 2 heterocycles. The lowest BCUT2D eigenvalue weighted by molar-refractivity contribution is -0.121. The number of amides is 2. The number of halogens is 1. The summed E-state index contributed by atoms with van der Waals surface area (Å²) in [5.41, 5.74) is 2.72. The predicted octanol–water partition coefficient (Wildman–Crippen LogP) is 5.85. The molecule has 41 heavy (non-hydrogen) atoms. The van der Waals surface area contributed by atoms with E-state index in [0.717, 1.165) is 26.7 Å². The van der Waals surface area contributed by atoms with E-state index in [0.29, 0.717) is 27.5 Å². The number of ketones is 1. The molecule has 0 N–H and O–H groups in total. The zero-order valence-electron chi connectivity index (χ0n) is 21.3. The molecule has 0 saturated carbocycles. The number of nitriles is 1. The molecular weight excluding hydrogens is 606 g/mol. The Morgan fingerprint density at radius 3 is 2.32 bits per heavy atom. The van der Waals surface area contributed by atoms with Gasteiger partial charge in [-0.15, -0.1) is 0 Å². The standard InChI is InChI=1S/C31H20BrN3O5S/c32-23-11-6-20(7-12-23)26(36)18-40-31(39)21-8-13-24(14-9-21)35-28(37)16-27(30(35)38)41-29-22(17-33)10-15-25(34-29)19-4-2-1-3-5-19/h1-15,27H,16,18H2. The number of carbonyl (C=O) groups excluding carboxylic acids is 4. The van der Waals surface area contributed by atoms with E-state index in [1.807, 2.05) is 30.3 Å². The van der Waals surface area contributed by atoms with Crippen LogP contribution in [-0.2, 0) is 14.3 Å². The van der Waals surface area contributed by atoms with E-state index in [1.54, 1.807) is 36.4 Å². The van der Waals surface area contributed by atoms with Gasteiger partial charge in [-0.3, -0.25) is 14.4 Å². The third kappa shape index (κ3) is 6.27. The maximum absolute atomic E-state index is 13.3. The summed E-state index contributed by atoms with van der Waals surface area (Å²) in [6.45, 7) is -0.422. The first kappa shape index (κ1) is 28.0. The Morgan fingerprint density at radius 1 is 0.951 bits per heavy atom. The molecule has 0 spiro atoms. The van der Waals surface area contributed by atoms with Crippen LogP contribution in [0.2, 0.25) is 0 Å². The molecule has 1 aromatic heterocycles. The molecule has 8 nitrogen and oxygen atoms in total. The number of pyridine rings is 1. The molecule has 1 fully saturated rings. The SMILES string of the molecule is N#Cc1ccc(-c2ccccc2)nc1SC1CC(=O)N(c2ccc(C(=O)OCC(=O)c3ccc(Br)cc3)cc2)C1=O. The lowest BCUT2D eigenvalue weighted by Gasteiger charge is -2.15. The summed E-state index contributed by atoms with van der Waals surface area (Å²) in [6, 6.07) is 27.5. The summed E-state index contributed by atoms with van der Waals surface area (Å²) >= 11 is 4.38. The van der Waals surface area contributed by atoms with Gasteiger partial charge in [0.05, 0.1) is 27.8 Å². The van der Waals surface area contributed by atoms with E-state index >= 15 is 0 Å². The van der Waals surface area contributed by atoms with Gasteiger partial charge >= 0.3 is 5.97 Å². The Morgan fingerprint density at radius 2 is 1.63 bits per heavy atom. The van der Waals surface area contributed by atoms with Crippen molar-refractivity contribution in [3.05, 3.63) is 112 Å². The van der Waals surface area contributed by atoms with Gasteiger partial charge in [0.15, 0.2) is 12.4 Å². The van der Waals surface area contributed by atoms with Crippen LogP contribution in [0.15, 0.2) is 100 Å². The zero-order chi connectivity index (χ0) is 28.9. The van der Waals surface area contributed by atoms with Crippen LogP contribution in [0, 0.1) is 11.3 Å². The number of Topliss-reactive ketones (excluding diaryl/α,β-unsaturated/α-hetero) is 1. The fourth-order valence-corrected chi connectivity index (χ4v) is 5.53. The minimum atomic E-state index is -0.762. The van der Waals surface area contributed by atoms with Crippen molar-refractivity contribution in [3.63, 3.8) is 0 Å². The molecular formula is C31H20BrN3O5S. The summed E-state index contributed by atoms with van der Waals surface area (Å²) in [4.78, 5) is 56.6. The van der Waals surface area contributed by atoms with Crippen molar-refractivity contribution < 1.29 is 23.9 Å². The number of esters is 1. The molecule has 1 aliphatic rings. The molecule has 5 rings (SSSR count). The average molecular weight is 626 g/mol. The summed E-state index contributed by atoms with van der Waals surface area (Å²) in [5.74, 6) is -1.89. The van der Waals surface area contributed by atoms with Gasteiger partial charge in [-0.25, -0.2) is 14.7 Å². The van der Waals surface area contributed by atoms with Crippen LogP contribution in [0.4, 0.5) is 5.69 Å². The maximum atomic E-state index is 13.3. The minimum absolute atomic E-state index is 0.0619. The number of thioether (sulfide) groups is 1. The van der Waals surface area contributed by atoms with Crippen LogP contribution >= 0.6 is 27.7 Å². The van der Waals surface area contributed by atoms with Crippen molar-refractivity contribution in [1.29, 1.82) is 5.26 Å². The number of rotatable bonds is 8. The van der Waals surface area contributed by atoms with E-state index in [2.05, 4.69) is 27.0 Å². The molecule has 3 aromatic carbocycles. The topological polar surface area (TPSA) is 117 Å². The van der Waals surface area contributed by atoms with Crippen LogP contribution in [0.1, 0.15) is 32.7 Å². The molecule has 2 amide bonds. The van der Waals surface area contributed by atoms with Crippen molar-refractivity contribution in [2.24, 2.45) is 0 Å². The molecule has 1 saturated heterocycles. The van der Waals surface area contributed by atoms with E-state index in [1.165, 1.54) is 24.3 Å². The highest BCUT2D eigenvalue weighted by Crippen LogP contribution is 2.35. The number of imide groups is 1. The highest BCUT2D eigenvalue weighted by atomic mass is 79.9. The number of hydrogen-bond donors (Lipinski definition) is 0. The van der Waals surface area contributed by atoms with Crippen LogP contribution in [-0.4, -0.2) is 40.4 Å². The predicted molar refractivity (Wildman–Crippen MR) is 156 cm³/mol. The van der Waals surface area contributed by atoms with E-state index < -0.39 is 29.6 Å². The first-order chi connectivity index (χ1) is 19.8. The number of ether oxygens (including phenoxy) is 1. The van der Waals surface area contributed by atoms with Gasteiger partial charge in [-0.05, 0) is 48.5 Å². The molecule has 1 atom stereocenters. The summed E-state index contributed by atoms with van der Waals surface area (Å²) < 4.78 is 5.97. The van der Waals surface area contributed by atoms with E-state index in [4.69, 9.17) is 4.74 Å². The third-order valence-electron chi connectivity index (χ3n) is 6.27. The number of hydrogen-bond acceptors (Lipinski definition) is 8. The van der Waals surface area contributed by atoms with Gasteiger partial charge in [-0.2, -0.15) is 5.26 Å². The number of anilines is 1. The Kier molecular flexibility index (Phi) is 8.38.